The van der Waals surface area contributed by atoms with Crippen molar-refractivity contribution in [3.8, 4) is 5.88 Å². The third kappa shape index (κ3) is 4.15. The average Bonchev–Trinajstić information content (AvgIpc) is 3.31. The maximum Gasteiger partial charge on any atom is 0.224 e. The fourth-order valence-corrected chi connectivity index (χ4v) is 3.38. The highest BCUT2D eigenvalue weighted by atomic mass is 16.5. The Morgan fingerprint density at radius 1 is 1.35 bits per heavy atom. The molecule has 2 fully saturated rings. The van der Waals surface area contributed by atoms with Gasteiger partial charge in [0.05, 0.1) is 36.4 Å². The van der Waals surface area contributed by atoms with Gasteiger partial charge in [0, 0.05) is 26.2 Å². The summed E-state index contributed by atoms with van der Waals surface area (Å²) in [4.78, 5) is 15.2. The zero-order valence-corrected chi connectivity index (χ0v) is 15.2. The van der Waals surface area contributed by atoms with Crippen molar-refractivity contribution in [2.45, 2.75) is 45.3 Å². The van der Waals surface area contributed by atoms with E-state index in [1.54, 1.807) is 6.20 Å². The highest BCUT2D eigenvalue weighted by Gasteiger charge is 2.30. The largest absolute Gasteiger partial charge is 0.477 e. The van der Waals surface area contributed by atoms with Crippen LogP contribution in [0, 0.1) is 11.8 Å². The molecule has 0 radical (unpaired) electrons. The molecule has 2 aliphatic rings. The molecule has 0 aromatic carbocycles. The second-order valence-electron chi connectivity index (χ2n) is 7.44. The van der Waals surface area contributed by atoms with Gasteiger partial charge < -0.3 is 14.8 Å². The Hall–Kier alpha value is -2.15. The monoisotopic (exact) mass is 358 g/mol. The van der Waals surface area contributed by atoms with Crippen molar-refractivity contribution in [1.82, 2.24) is 20.1 Å². The fraction of sp³-hybridized carbons (Fsp3) is 0.632. The van der Waals surface area contributed by atoms with Gasteiger partial charge in [-0.3, -0.25) is 9.48 Å². The molecule has 2 aromatic heterocycles. The van der Waals surface area contributed by atoms with E-state index in [2.05, 4.69) is 20.1 Å². The molecule has 0 aliphatic heterocycles. The molecule has 0 atom stereocenters. The molecule has 1 N–H and O–H groups in total. The van der Waals surface area contributed by atoms with Crippen LogP contribution in [0.25, 0.3) is 10.9 Å². The predicted octanol–water partition coefficient (Wildman–Crippen LogP) is 2.15. The third-order valence-electron chi connectivity index (χ3n) is 5.14. The minimum absolute atomic E-state index is 0.0179. The van der Waals surface area contributed by atoms with E-state index in [4.69, 9.17) is 9.47 Å². The van der Waals surface area contributed by atoms with Gasteiger partial charge in [0.2, 0.25) is 11.8 Å². The van der Waals surface area contributed by atoms with E-state index in [-0.39, 0.29) is 12.0 Å². The Kier molecular flexibility index (Phi) is 5.06. The topological polar surface area (TPSA) is 78.3 Å². The maximum absolute atomic E-state index is 10.8. The minimum Gasteiger partial charge on any atom is -0.477 e. The van der Waals surface area contributed by atoms with Gasteiger partial charge in [0.15, 0.2) is 0 Å². The van der Waals surface area contributed by atoms with E-state index in [1.807, 2.05) is 12.3 Å². The van der Waals surface area contributed by atoms with Gasteiger partial charge >= 0.3 is 0 Å². The number of hydrogen-bond donors (Lipinski definition) is 1. The van der Waals surface area contributed by atoms with Gasteiger partial charge in [-0.25, -0.2) is 4.98 Å². The number of ether oxygens (including phenoxy) is 2. The van der Waals surface area contributed by atoms with E-state index in [1.165, 1.54) is 19.8 Å². The first-order valence-corrected chi connectivity index (χ1v) is 9.48. The number of carbonyl (C=O) groups is 1. The number of nitrogens with one attached hydrogen (secondary N) is 1. The van der Waals surface area contributed by atoms with Crippen molar-refractivity contribution >= 4 is 16.8 Å². The summed E-state index contributed by atoms with van der Waals surface area (Å²) in [5, 5.41) is 8.24. The van der Waals surface area contributed by atoms with Gasteiger partial charge in [-0.05, 0) is 43.6 Å². The van der Waals surface area contributed by atoms with Crippen LogP contribution in [-0.4, -0.2) is 46.5 Å². The van der Waals surface area contributed by atoms with E-state index in [9.17, 15) is 4.79 Å². The Labute approximate surface area is 153 Å². The molecule has 4 rings (SSSR count). The molecule has 7 heteroatoms. The Morgan fingerprint density at radius 3 is 2.96 bits per heavy atom. The highest BCUT2D eigenvalue weighted by Crippen LogP contribution is 2.33. The van der Waals surface area contributed by atoms with Crippen LogP contribution < -0.4 is 10.1 Å². The van der Waals surface area contributed by atoms with Crippen LogP contribution in [0.2, 0.25) is 0 Å². The first-order valence-electron chi connectivity index (χ1n) is 9.48. The second kappa shape index (κ2) is 7.61. The molecule has 1 amide bonds. The number of carbonyl (C=O) groups excluding carboxylic acids is 1. The number of hydrogen-bond acceptors (Lipinski definition) is 5. The smallest absolute Gasteiger partial charge is 0.224 e. The zero-order chi connectivity index (χ0) is 17.9. The van der Waals surface area contributed by atoms with Gasteiger partial charge in [-0.15, -0.1) is 0 Å². The molecule has 0 spiro atoms. The SMILES string of the molecule is CC(=O)NCCOC1CC(COc2nccc3c2cnn3CC2CC2)C1. The second-order valence-corrected chi connectivity index (χ2v) is 7.44. The molecule has 2 aliphatic carbocycles. The average molecular weight is 358 g/mol. The number of rotatable bonds is 9. The van der Waals surface area contributed by atoms with Crippen molar-refractivity contribution in [1.29, 1.82) is 0 Å². The van der Waals surface area contributed by atoms with Crippen molar-refractivity contribution in [3.63, 3.8) is 0 Å². The molecule has 0 bridgehead atoms. The molecule has 0 saturated heterocycles. The maximum atomic E-state index is 10.8. The summed E-state index contributed by atoms with van der Waals surface area (Å²) in [5.41, 5.74) is 1.11. The van der Waals surface area contributed by atoms with Gasteiger partial charge in [0.25, 0.3) is 0 Å². The lowest BCUT2D eigenvalue weighted by Crippen LogP contribution is -2.37. The molecular formula is C19H26N4O3. The predicted molar refractivity (Wildman–Crippen MR) is 96.9 cm³/mol. The van der Waals surface area contributed by atoms with Crippen molar-refractivity contribution in [2.24, 2.45) is 11.8 Å². The molecule has 26 heavy (non-hydrogen) atoms. The molecule has 2 saturated carbocycles. The Balaban J connectivity index is 1.23. The summed E-state index contributed by atoms with van der Waals surface area (Å²) in [5.74, 6) is 1.95. The standard InChI is InChI=1S/C19H26N4O3/c1-13(24)20-6-7-25-16-8-15(9-16)12-26-19-17-10-22-23(11-14-2-3-14)18(17)4-5-21-19/h4-5,10,14-16H,2-3,6-9,11-12H2,1H3,(H,20,24). The van der Waals surface area contributed by atoms with E-state index in [0.717, 1.165) is 36.2 Å². The molecule has 7 nitrogen and oxygen atoms in total. The van der Waals surface area contributed by atoms with Crippen molar-refractivity contribution < 1.29 is 14.3 Å². The van der Waals surface area contributed by atoms with E-state index < -0.39 is 0 Å². The van der Waals surface area contributed by atoms with Crippen LogP contribution in [0.15, 0.2) is 18.5 Å². The number of fused-ring (bicyclic) bond motifs is 1. The number of aromatic nitrogens is 3. The summed E-state index contributed by atoms with van der Waals surface area (Å²) in [7, 11) is 0. The molecular weight excluding hydrogens is 332 g/mol. The van der Waals surface area contributed by atoms with Crippen LogP contribution in [0.1, 0.15) is 32.6 Å². The van der Waals surface area contributed by atoms with Crippen LogP contribution in [0.4, 0.5) is 0 Å². The summed E-state index contributed by atoms with van der Waals surface area (Å²) < 4.78 is 13.8. The van der Waals surface area contributed by atoms with Gasteiger partial charge in [0.1, 0.15) is 0 Å². The highest BCUT2D eigenvalue weighted by molar-refractivity contribution is 5.83. The lowest BCUT2D eigenvalue weighted by Gasteiger charge is -2.34. The Morgan fingerprint density at radius 2 is 2.19 bits per heavy atom. The molecule has 140 valence electrons. The minimum atomic E-state index is -0.0179. The molecule has 0 unspecified atom stereocenters. The van der Waals surface area contributed by atoms with Gasteiger partial charge in [-0.2, -0.15) is 5.10 Å². The van der Waals surface area contributed by atoms with Crippen LogP contribution in [0.3, 0.4) is 0 Å². The third-order valence-corrected chi connectivity index (χ3v) is 5.14. The number of pyridine rings is 1. The van der Waals surface area contributed by atoms with Gasteiger partial charge in [-0.1, -0.05) is 0 Å². The van der Waals surface area contributed by atoms with Crippen LogP contribution in [-0.2, 0) is 16.1 Å². The van der Waals surface area contributed by atoms with E-state index in [0.29, 0.717) is 31.6 Å². The summed E-state index contributed by atoms with van der Waals surface area (Å²) in [6.45, 7) is 4.31. The lowest BCUT2D eigenvalue weighted by atomic mass is 9.83. The summed E-state index contributed by atoms with van der Waals surface area (Å²) >= 11 is 0. The Bertz CT molecular complexity index is 765. The number of amides is 1. The zero-order valence-electron chi connectivity index (χ0n) is 15.2. The quantitative estimate of drug-likeness (QED) is 0.695. The lowest BCUT2D eigenvalue weighted by molar-refractivity contribution is -0.119. The first-order chi connectivity index (χ1) is 12.7. The first kappa shape index (κ1) is 17.3. The molecule has 2 aromatic rings. The molecule has 2 heterocycles. The van der Waals surface area contributed by atoms with Crippen LogP contribution >= 0.6 is 0 Å². The number of nitrogens with zero attached hydrogens (tertiary/aromatic N) is 3. The summed E-state index contributed by atoms with van der Waals surface area (Å²) in [6, 6.07) is 2.01. The van der Waals surface area contributed by atoms with E-state index >= 15 is 0 Å². The van der Waals surface area contributed by atoms with Crippen molar-refractivity contribution in [3.05, 3.63) is 18.5 Å². The fourth-order valence-electron chi connectivity index (χ4n) is 3.38. The normalized spacial score (nSPS) is 22.2. The van der Waals surface area contributed by atoms with Crippen molar-refractivity contribution in [2.75, 3.05) is 19.8 Å². The van der Waals surface area contributed by atoms with Crippen LogP contribution in [0.5, 0.6) is 5.88 Å². The summed E-state index contributed by atoms with van der Waals surface area (Å²) in [6.07, 6.45) is 8.57.